The molecule has 0 saturated carbocycles. The Kier molecular flexibility index (Phi) is 6.59. The first-order valence-electron chi connectivity index (χ1n) is 10.8. The Morgan fingerprint density at radius 3 is 2.45 bits per heavy atom. The molecule has 4 heteroatoms. The van der Waals surface area contributed by atoms with Crippen LogP contribution in [0.3, 0.4) is 0 Å². The van der Waals surface area contributed by atoms with E-state index in [-0.39, 0.29) is 17.9 Å². The molecule has 0 spiro atoms. The summed E-state index contributed by atoms with van der Waals surface area (Å²) in [6.07, 6.45) is 4.32. The quantitative estimate of drug-likeness (QED) is 0.620. The van der Waals surface area contributed by atoms with Gasteiger partial charge in [0.15, 0.2) is 0 Å². The van der Waals surface area contributed by atoms with Crippen LogP contribution in [0.1, 0.15) is 33.3 Å². The molecule has 0 saturated heterocycles. The number of benzene rings is 2. The van der Waals surface area contributed by atoms with Crippen molar-refractivity contribution in [3.8, 4) is 0 Å². The molecule has 2 aromatic rings. The van der Waals surface area contributed by atoms with Crippen molar-refractivity contribution in [2.24, 2.45) is 17.8 Å². The van der Waals surface area contributed by atoms with Crippen LogP contribution in [0.2, 0.25) is 0 Å². The summed E-state index contributed by atoms with van der Waals surface area (Å²) < 4.78 is 1.15. The van der Waals surface area contributed by atoms with Crippen LogP contribution in [0.25, 0.3) is 11.0 Å². The predicted molar refractivity (Wildman–Crippen MR) is 135 cm³/mol. The van der Waals surface area contributed by atoms with Gasteiger partial charge in [-0.15, -0.1) is 0 Å². The Balaban J connectivity index is 1.84. The highest BCUT2D eigenvalue weighted by molar-refractivity contribution is 9.11. The van der Waals surface area contributed by atoms with Gasteiger partial charge in [0, 0.05) is 20.9 Å². The maximum absolute atomic E-state index is 14.0. The molecule has 1 amide bonds. The molecule has 2 aromatic carbocycles. The van der Waals surface area contributed by atoms with Gasteiger partial charge < -0.3 is 5.32 Å². The number of nitrogens with one attached hydrogen (secondary N) is 1. The van der Waals surface area contributed by atoms with E-state index in [1.807, 2.05) is 24.3 Å². The molecule has 1 heterocycles. The zero-order valence-corrected chi connectivity index (χ0v) is 20.8. The SMILES string of the molecule is CC(C)C1=CC=C(Br)C(C(C)C)C1NC(=O)C1=c2ccccc2=CSc2ccccc21. The van der Waals surface area contributed by atoms with Crippen LogP contribution in [0.5, 0.6) is 0 Å². The molecular weight excluding hydrogens is 466 g/mol. The molecule has 31 heavy (non-hydrogen) atoms. The first-order valence-corrected chi connectivity index (χ1v) is 12.5. The molecule has 0 radical (unpaired) electrons. The lowest BCUT2D eigenvalue weighted by Gasteiger charge is -2.37. The van der Waals surface area contributed by atoms with Gasteiger partial charge >= 0.3 is 0 Å². The number of hydrogen-bond donors (Lipinski definition) is 1. The number of halogens is 1. The molecule has 1 aliphatic heterocycles. The van der Waals surface area contributed by atoms with E-state index in [0.717, 1.165) is 31.0 Å². The van der Waals surface area contributed by atoms with E-state index in [9.17, 15) is 4.79 Å². The lowest BCUT2D eigenvalue weighted by molar-refractivity contribution is -0.116. The summed E-state index contributed by atoms with van der Waals surface area (Å²) in [5.41, 5.74) is 3.02. The van der Waals surface area contributed by atoms with Crippen molar-refractivity contribution >= 4 is 44.6 Å². The summed E-state index contributed by atoms with van der Waals surface area (Å²) in [5, 5.41) is 7.66. The Hall–Kier alpha value is -2.04. The van der Waals surface area contributed by atoms with Gasteiger partial charge in [-0.25, -0.2) is 0 Å². The molecule has 2 unspecified atom stereocenters. The number of thioether (sulfide) groups is 1. The summed E-state index contributed by atoms with van der Waals surface area (Å²) in [7, 11) is 0. The van der Waals surface area contributed by atoms with Crippen molar-refractivity contribution in [1.82, 2.24) is 5.32 Å². The normalized spacial score (nSPS) is 20.3. The number of amides is 1. The van der Waals surface area contributed by atoms with Crippen LogP contribution in [-0.2, 0) is 4.79 Å². The topological polar surface area (TPSA) is 29.1 Å². The maximum atomic E-state index is 14.0. The van der Waals surface area contributed by atoms with Gasteiger partial charge in [-0.05, 0) is 39.3 Å². The average molecular weight is 494 g/mol. The smallest absolute Gasteiger partial charge is 0.253 e. The van der Waals surface area contributed by atoms with Crippen molar-refractivity contribution in [2.45, 2.75) is 38.6 Å². The molecule has 1 N–H and O–H groups in total. The van der Waals surface area contributed by atoms with Crippen molar-refractivity contribution in [2.75, 3.05) is 0 Å². The van der Waals surface area contributed by atoms with Crippen molar-refractivity contribution in [1.29, 1.82) is 0 Å². The highest BCUT2D eigenvalue weighted by atomic mass is 79.9. The van der Waals surface area contributed by atoms with Crippen molar-refractivity contribution < 1.29 is 4.79 Å². The standard InChI is InChI=1S/C27H28BrNOS/c1-16(2)19-13-14-22(28)24(17(3)4)26(19)29-27(30)25-20-10-6-5-9-18(20)15-31-23-12-8-7-11-21(23)25/h5-17,24,26H,1-4H3,(H,29,30). The van der Waals surface area contributed by atoms with E-state index in [1.165, 1.54) is 5.57 Å². The van der Waals surface area contributed by atoms with Crippen molar-refractivity contribution in [3.63, 3.8) is 0 Å². The number of hydrogen-bond acceptors (Lipinski definition) is 2. The Morgan fingerprint density at radius 2 is 1.71 bits per heavy atom. The predicted octanol–water partition coefficient (Wildman–Crippen LogP) is 5.36. The number of allylic oxidation sites excluding steroid dienone is 2. The van der Waals surface area contributed by atoms with Crippen LogP contribution in [-0.4, -0.2) is 11.9 Å². The monoisotopic (exact) mass is 493 g/mol. The van der Waals surface area contributed by atoms with Crippen LogP contribution < -0.4 is 15.8 Å². The maximum Gasteiger partial charge on any atom is 0.253 e. The summed E-state index contributed by atoms with van der Waals surface area (Å²) in [5.74, 6) is 0.941. The zero-order valence-electron chi connectivity index (χ0n) is 18.4. The zero-order chi connectivity index (χ0) is 22.1. The average Bonchev–Trinajstić information content (AvgIpc) is 2.90. The van der Waals surface area contributed by atoms with E-state index in [2.05, 4.69) is 90.8 Å². The molecule has 2 atom stereocenters. The molecule has 0 aromatic heterocycles. The second-order valence-corrected chi connectivity index (χ2v) is 10.6. The van der Waals surface area contributed by atoms with Crippen LogP contribution in [0.4, 0.5) is 0 Å². The molecule has 0 bridgehead atoms. The molecule has 4 rings (SSSR count). The number of carbonyl (C=O) groups is 1. The fourth-order valence-electron chi connectivity index (χ4n) is 4.52. The van der Waals surface area contributed by atoms with Gasteiger partial charge in [0.2, 0.25) is 0 Å². The first kappa shape index (κ1) is 22.2. The molecular formula is C27H28BrNOS. The van der Waals surface area contributed by atoms with Gasteiger partial charge in [-0.2, -0.15) is 0 Å². The van der Waals surface area contributed by atoms with Gasteiger partial charge in [-0.1, -0.05) is 110 Å². The molecule has 1 aliphatic carbocycles. The Bertz CT molecular complexity index is 1190. The molecule has 2 nitrogen and oxygen atoms in total. The van der Waals surface area contributed by atoms with Gasteiger partial charge in [0.25, 0.3) is 5.91 Å². The molecule has 160 valence electrons. The van der Waals surface area contributed by atoms with E-state index in [1.54, 1.807) is 11.8 Å². The van der Waals surface area contributed by atoms with Gasteiger partial charge in [-0.3, -0.25) is 4.79 Å². The molecule has 2 aliphatic rings. The summed E-state index contributed by atoms with van der Waals surface area (Å²) in [6.45, 7) is 8.84. The summed E-state index contributed by atoms with van der Waals surface area (Å²) in [6, 6.07) is 16.3. The lowest BCUT2D eigenvalue weighted by Crippen LogP contribution is -2.47. The summed E-state index contributed by atoms with van der Waals surface area (Å²) in [4.78, 5) is 15.1. The van der Waals surface area contributed by atoms with Crippen molar-refractivity contribution in [3.05, 3.63) is 86.7 Å². The van der Waals surface area contributed by atoms with Crippen LogP contribution in [0, 0.1) is 17.8 Å². The second-order valence-electron chi connectivity index (χ2n) is 8.79. The third kappa shape index (κ3) is 4.33. The van der Waals surface area contributed by atoms with Gasteiger partial charge in [0.1, 0.15) is 0 Å². The fraction of sp³-hybridized carbons (Fsp3) is 0.296. The largest absolute Gasteiger partial charge is 0.345 e. The third-order valence-corrected chi connectivity index (χ3v) is 7.84. The Labute approximate surface area is 197 Å². The van der Waals surface area contributed by atoms with E-state index < -0.39 is 0 Å². The minimum absolute atomic E-state index is 0.0137. The third-order valence-electron chi connectivity index (χ3n) is 6.07. The lowest BCUT2D eigenvalue weighted by atomic mass is 9.77. The first-order chi connectivity index (χ1) is 14.9. The van der Waals surface area contributed by atoms with Crippen LogP contribution >= 0.6 is 27.7 Å². The van der Waals surface area contributed by atoms with Crippen LogP contribution in [0.15, 0.2) is 75.6 Å². The number of rotatable bonds is 4. The number of carbonyl (C=O) groups excluding carboxylic acids is 1. The fourth-order valence-corrected chi connectivity index (χ4v) is 6.36. The minimum Gasteiger partial charge on any atom is -0.345 e. The minimum atomic E-state index is -0.0430. The highest BCUT2D eigenvalue weighted by Crippen LogP contribution is 2.38. The van der Waals surface area contributed by atoms with Gasteiger partial charge in [0.05, 0.1) is 11.6 Å². The van der Waals surface area contributed by atoms with E-state index >= 15 is 0 Å². The van der Waals surface area contributed by atoms with E-state index in [4.69, 9.17) is 0 Å². The second kappa shape index (κ2) is 9.22. The highest BCUT2D eigenvalue weighted by Gasteiger charge is 2.35. The molecule has 0 fully saturated rings. The Morgan fingerprint density at radius 1 is 1.00 bits per heavy atom. The van der Waals surface area contributed by atoms with E-state index in [0.29, 0.717) is 11.8 Å². The number of fused-ring (bicyclic) bond motifs is 2. The summed E-state index contributed by atoms with van der Waals surface area (Å²) >= 11 is 5.45.